The summed E-state index contributed by atoms with van der Waals surface area (Å²) in [4.78, 5) is 0. The maximum Gasteiger partial charge on any atom is 0.0548 e. The lowest BCUT2D eigenvalue weighted by Crippen LogP contribution is -2.29. The Morgan fingerprint density at radius 2 is 2.19 bits per heavy atom. The largest absolute Gasteiger partial charge is 0.271 e. The molecule has 1 rings (SSSR count). The average molecular weight is 306 g/mol. The van der Waals surface area contributed by atoms with Gasteiger partial charge in [-0.15, -0.1) is 0 Å². The molecule has 0 spiro atoms. The molecule has 4 heteroatoms. The summed E-state index contributed by atoms with van der Waals surface area (Å²) < 4.78 is 0.913. The molecule has 1 aromatic rings. The standard InChI is InChI=1S/C12H18BrClN2/c1-3-8(2)6-12(16-15)9-4-5-11(14)10(13)7-9/h4-5,7-8,12,16H,3,6,15H2,1-2H3. The number of hydrogen-bond donors (Lipinski definition) is 2. The Balaban J connectivity index is 2.82. The summed E-state index contributed by atoms with van der Waals surface area (Å²) in [6.07, 6.45) is 2.19. The second-order valence-corrected chi connectivity index (χ2v) is 5.40. The van der Waals surface area contributed by atoms with Crippen LogP contribution < -0.4 is 11.3 Å². The Bertz CT molecular complexity index is 344. The van der Waals surface area contributed by atoms with Crippen LogP contribution in [-0.2, 0) is 0 Å². The fraction of sp³-hybridized carbons (Fsp3) is 0.500. The van der Waals surface area contributed by atoms with E-state index in [4.69, 9.17) is 17.4 Å². The molecule has 0 aliphatic carbocycles. The van der Waals surface area contributed by atoms with Crippen molar-refractivity contribution in [3.63, 3.8) is 0 Å². The number of hydrogen-bond acceptors (Lipinski definition) is 2. The quantitative estimate of drug-likeness (QED) is 0.636. The van der Waals surface area contributed by atoms with Crippen molar-refractivity contribution in [3.05, 3.63) is 33.3 Å². The minimum atomic E-state index is 0.184. The molecule has 0 aliphatic rings. The van der Waals surface area contributed by atoms with Gasteiger partial charge >= 0.3 is 0 Å². The summed E-state index contributed by atoms with van der Waals surface area (Å²) in [6.45, 7) is 4.42. The van der Waals surface area contributed by atoms with Crippen molar-refractivity contribution in [1.29, 1.82) is 0 Å². The first kappa shape index (κ1) is 14.0. The van der Waals surface area contributed by atoms with Gasteiger partial charge < -0.3 is 0 Å². The first-order valence-corrected chi connectivity index (χ1v) is 6.66. The lowest BCUT2D eigenvalue weighted by atomic mass is 9.95. The van der Waals surface area contributed by atoms with Crippen LogP contribution in [0.25, 0.3) is 0 Å². The van der Waals surface area contributed by atoms with Crippen LogP contribution in [0.5, 0.6) is 0 Å². The van der Waals surface area contributed by atoms with Gasteiger partial charge in [0, 0.05) is 10.5 Å². The molecule has 0 saturated heterocycles. The maximum absolute atomic E-state index is 5.96. The molecule has 0 aromatic heterocycles. The normalized spacial score (nSPS) is 14.8. The van der Waals surface area contributed by atoms with Crippen LogP contribution in [0.1, 0.15) is 38.3 Å². The molecule has 1 aromatic carbocycles. The van der Waals surface area contributed by atoms with Crippen molar-refractivity contribution < 1.29 is 0 Å². The van der Waals surface area contributed by atoms with Gasteiger partial charge in [0.25, 0.3) is 0 Å². The summed E-state index contributed by atoms with van der Waals surface area (Å²) in [5.74, 6) is 6.25. The second kappa shape index (κ2) is 6.60. The molecular weight excluding hydrogens is 288 g/mol. The van der Waals surface area contributed by atoms with Crippen LogP contribution in [0, 0.1) is 5.92 Å². The highest BCUT2D eigenvalue weighted by Gasteiger charge is 2.13. The zero-order chi connectivity index (χ0) is 12.1. The third kappa shape index (κ3) is 3.74. The Hall–Kier alpha value is -0.0900. The predicted octanol–water partition coefficient (Wildman–Crippen LogP) is 4.04. The molecule has 16 heavy (non-hydrogen) atoms. The summed E-state index contributed by atoms with van der Waals surface area (Å²) in [6, 6.07) is 6.11. The highest BCUT2D eigenvalue weighted by molar-refractivity contribution is 9.10. The van der Waals surface area contributed by atoms with Crippen LogP contribution in [0.4, 0.5) is 0 Å². The van der Waals surface area contributed by atoms with Crippen LogP contribution in [-0.4, -0.2) is 0 Å². The summed E-state index contributed by atoms with van der Waals surface area (Å²) in [5.41, 5.74) is 4.03. The zero-order valence-electron chi connectivity index (χ0n) is 9.63. The number of benzene rings is 1. The SMILES string of the molecule is CCC(C)CC(NN)c1ccc(Cl)c(Br)c1. The summed E-state index contributed by atoms with van der Waals surface area (Å²) >= 11 is 9.39. The van der Waals surface area contributed by atoms with Gasteiger partial charge in [-0.3, -0.25) is 11.3 Å². The first-order chi connectivity index (χ1) is 7.58. The topological polar surface area (TPSA) is 38.0 Å². The van der Waals surface area contributed by atoms with Gasteiger partial charge in [-0.25, -0.2) is 0 Å². The van der Waals surface area contributed by atoms with Crippen molar-refractivity contribution in [3.8, 4) is 0 Å². The van der Waals surface area contributed by atoms with Crippen LogP contribution >= 0.6 is 27.5 Å². The van der Waals surface area contributed by atoms with E-state index >= 15 is 0 Å². The monoisotopic (exact) mass is 304 g/mol. The first-order valence-electron chi connectivity index (χ1n) is 5.49. The van der Waals surface area contributed by atoms with E-state index in [1.165, 1.54) is 5.56 Å². The zero-order valence-corrected chi connectivity index (χ0v) is 12.0. The van der Waals surface area contributed by atoms with Gasteiger partial charge in [-0.05, 0) is 46.0 Å². The summed E-state index contributed by atoms with van der Waals surface area (Å²) in [7, 11) is 0. The van der Waals surface area contributed by atoms with Crippen LogP contribution in [0.3, 0.4) is 0 Å². The van der Waals surface area contributed by atoms with Crippen molar-refractivity contribution in [2.45, 2.75) is 32.7 Å². The molecular formula is C12H18BrClN2. The molecule has 0 saturated carbocycles. The van der Waals surface area contributed by atoms with Crippen LogP contribution in [0.15, 0.2) is 22.7 Å². The fourth-order valence-electron chi connectivity index (χ4n) is 1.60. The van der Waals surface area contributed by atoms with E-state index < -0.39 is 0 Å². The summed E-state index contributed by atoms with van der Waals surface area (Å²) in [5, 5.41) is 0.725. The van der Waals surface area contributed by atoms with Crippen molar-refractivity contribution in [2.75, 3.05) is 0 Å². The van der Waals surface area contributed by atoms with E-state index in [9.17, 15) is 0 Å². The molecule has 90 valence electrons. The predicted molar refractivity (Wildman–Crippen MR) is 73.3 cm³/mol. The van der Waals surface area contributed by atoms with Crippen molar-refractivity contribution in [2.24, 2.45) is 11.8 Å². The van der Waals surface area contributed by atoms with E-state index in [1.807, 2.05) is 18.2 Å². The van der Waals surface area contributed by atoms with Crippen molar-refractivity contribution >= 4 is 27.5 Å². The maximum atomic E-state index is 5.96. The minimum Gasteiger partial charge on any atom is -0.271 e. The number of hydrazine groups is 1. The Kier molecular flexibility index (Phi) is 5.76. The Labute approximate surface area is 111 Å². The number of nitrogens with one attached hydrogen (secondary N) is 1. The minimum absolute atomic E-state index is 0.184. The van der Waals surface area contributed by atoms with Gasteiger partial charge in [0.1, 0.15) is 0 Å². The van der Waals surface area contributed by atoms with E-state index in [2.05, 4.69) is 35.2 Å². The number of halogens is 2. The third-order valence-electron chi connectivity index (χ3n) is 2.88. The average Bonchev–Trinajstić information content (AvgIpc) is 2.29. The molecule has 0 heterocycles. The van der Waals surface area contributed by atoms with Gasteiger partial charge in [0.15, 0.2) is 0 Å². The van der Waals surface area contributed by atoms with Gasteiger partial charge in [0.05, 0.1) is 5.02 Å². The molecule has 2 atom stereocenters. The molecule has 0 aliphatic heterocycles. The molecule has 3 N–H and O–H groups in total. The van der Waals surface area contributed by atoms with Gasteiger partial charge in [-0.1, -0.05) is 37.9 Å². The number of nitrogens with two attached hydrogens (primary N) is 1. The van der Waals surface area contributed by atoms with Gasteiger partial charge in [-0.2, -0.15) is 0 Å². The van der Waals surface area contributed by atoms with E-state index in [0.29, 0.717) is 5.92 Å². The Morgan fingerprint density at radius 3 is 2.69 bits per heavy atom. The highest BCUT2D eigenvalue weighted by Crippen LogP contribution is 2.28. The van der Waals surface area contributed by atoms with Crippen molar-refractivity contribution in [1.82, 2.24) is 5.43 Å². The van der Waals surface area contributed by atoms with E-state index in [-0.39, 0.29) is 6.04 Å². The smallest absolute Gasteiger partial charge is 0.0548 e. The second-order valence-electron chi connectivity index (χ2n) is 4.14. The fourth-order valence-corrected chi connectivity index (χ4v) is 2.11. The molecule has 0 radical (unpaired) electrons. The lowest BCUT2D eigenvalue weighted by Gasteiger charge is -2.20. The van der Waals surface area contributed by atoms with Crippen LogP contribution in [0.2, 0.25) is 5.02 Å². The molecule has 0 amide bonds. The third-order valence-corrected chi connectivity index (χ3v) is 4.10. The molecule has 2 nitrogen and oxygen atoms in total. The van der Waals surface area contributed by atoms with E-state index in [0.717, 1.165) is 22.3 Å². The molecule has 0 bridgehead atoms. The lowest BCUT2D eigenvalue weighted by molar-refractivity contribution is 0.408. The number of rotatable bonds is 5. The Morgan fingerprint density at radius 1 is 1.50 bits per heavy atom. The van der Waals surface area contributed by atoms with E-state index in [1.54, 1.807) is 0 Å². The molecule has 2 unspecified atom stereocenters. The molecule has 0 fully saturated rings. The van der Waals surface area contributed by atoms with Gasteiger partial charge in [0.2, 0.25) is 0 Å². The highest BCUT2D eigenvalue weighted by atomic mass is 79.9.